The van der Waals surface area contributed by atoms with E-state index in [1.165, 1.54) is 6.07 Å². The molecule has 2 N–H and O–H groups in total. The third-order valence-electron chi connectivity index (χ3n) is 3.66. The molecule has 0 radical (unpaired) electrons. The van der Waals surface area contributed by atoms with Gasteiger partial charge in [-0.25, -0.2) is 4.39 Å². The van der Waals surface area contributed by atoms with Crippen molar-refractivity contribution in [2.24, 2.45) is 11.1 Å². The van der Waals surface area contributed by atoms with E-state index in [2.05, 4.69) is 20.8 Å². The van der Waals surface area contributed by atoms with E-state index in [1.54, 1.807) is 6.07 Å². The largest absolute Gasteiger partial charge is 0.327 e. The first kappa shape index (κ1) is 13.2. The second kappa shape index (κ2) is 4.96. The quantitative estimate of drug-likeness (QED) is 0.831. The average molecular weight is 223 g/mol. The highest BCUT2D eigenvalue weighted by atomic mass is 19.1. The lowest BCUT2D eigenvalue weighted by Gasteiger charge is -2.30. The highest BCUT2D eigenvalue weighted by Crippen LogP contribution is 2.26. The smallest absolute Gasteiger partial charge is 0.123 e. The minimum Gasteiger partial charge on any atom is -0.327 e. The van der Waals surface area contributed by atoms with Crippen LogP contribution in [-0.2, 0) is 6.42 Å². The molecule has 0 bridgehead atoms. The van der Waals surface area contributed by atoms with Crippen LogP contribution in [0.1, 0.15) is 38.3 Å². The summed E-state index contributed by atoms with van der Waals surface area (Å²) in [5, 5.41) is 0. The van der Waals surface area contributed by atoms with Gasteiger partial charge in [0, 0.05) is 6.04 Å². The highest BCUT2D eigenvalue weighted by Gasteiger charge is 2.24. The van der Waals surface area contributed by atoms with Crippen molar-refractivity contribution in [3.05, 3.63) is 35.1 Å². The lowest BCUT2D eigenvalue weighted by Crippen LogP contribution is -2.38. The van der Waals surface area contributed by atoms with E-state index in [-0.39, 0.29) is 17.3 Å². The Morgan fingerprint density at radius 2 is 2.00 bits per heavy atom. The van der Waals surface area contributed by atoms with Crippen LogP contribution in [0.3, 0.4) is 0 Å². The molecule has 0 heterocycles. The van der Waals surface area contributed by atoms with E-state index in [0.29, 0.717) is 0 Å². The molecule has 16 heavy (non-hydrogen) atoms. The Bertz CT molecular complexity index is 358. The highest BCUT2D eigenvalue weighted by molar-refractivity contribution is 5.27. The molecule has 90 valence electrons. The third-order valence-corrected chi connectivity index (χ3v) is 3.66. The topological polar surface area (TPSA) is 26.0 Å². The van der Waals surface area contributed by atoms with Gasteiger partial charge < -0.3 is 5.73 Å². The van der Waals surface area contributed by atoms with E-state index < -0.39 is 0 Å². The summed E-state index contributed by atoms with van der Waals surface area (Å²) in [5.74, 6) is -0.176. The molecule has 1 aromatic rings. The molecule has 1 rings (SSSR count). The Morgan fingerprint density at radius 1 is 1.38 bits per heavy atom. The van der Waals surface area contributed by atoms with Crippen LogP contribution in [0.15, 0.2) is 18.2 Å². The van der Waals surface area contributed by atoms with E-state index >= 15 is 0 Å². The van der Waals surface area contributed by atoms with Gasteiger partial charge in [0.1, 0.15) is 5.82 Å². The third kappa shape index (κ3) is 3.05. The van der Waals surface area contributed by atoms with Crippen molar-refractivity contribution in [3.8, 4) is 0 Å². The standard InChI is InChI=1S/C14H22FN/c1-5-14(3,4)13(16)9-11-6-7-12(15)8-10(11)2/h6-8,13H,5,9,16H2,1-4H3. The predicted octanol–water partition coefficient (Wildman–Crippen LogP) is 3.44. The van der Waals surface area contributed by atoms with Gasteiger partial charge in [0.15, 0.2) is 0 Å². The number of benzene rings is 1. The second-order valence-electron chi connectivity index (χ2n) is 5.22. The molecule has 0 saturated heterocycles. The van der Waals surface area contributed by atoms with Crippen LogP contribution in [0.2, 0.25) is 0 Å². The Morgan fingerprint density at radius 3 is 2.50 bits per heavy atom. The van der Waals surface area contributed by atoms with Crippen LogP contribution in [0.25, 0.3) is 0 Å². The molecule has 1 nitrogen and oxygen atoms in total. The van der Waals surface area contributed by atoms with Crippen LogP contribution in [-0.4, -0.2) is 6.04 Å². The molecule has 1 atom stereocenters. The zero-order valence-corrected chi connectivity index (χ0v) is 10.7. The van der Waals surface area contributed by atoms with E-state index in [9.17, 15) is 4.39 Å². The van der Waals surface area contributed by atoms with Gasteiger partial charge in [-0.1, -0.05) is 26.8 Å². The molecule has 1 unspecified atom stereocenters. The summed E-state index contributed by atoms with van der Waals surface area (Å²) in [4.78, 5) is 0. The van der Waals surface area contributed by atoms with Crippen molar-refractivity contribution < 1.29 is 4.39 Å². The number of nitrogens with two attached hydrogens (primary N) is 1. The Kier molecular flexibility index (Phi) is 4.09. The fraction of sp³-hybridized carbons (Fsp3) is 0.571. The Balaban J connectivity index is 2.81. The van der Waals surface area contributed by atoms with Crippen molar-refractivity contribution in [1.82, 2.24) is 0 Å². The summed E-state index contributed by atoms with van der Waals surface area (Å²) < 4.78 is 13.0. The van der Waals surface area contributed by atoms with Gasteiger partial charge in [0.05, 0.1) is 0 Å². The molecule has 0 fully saturated rings. The van der Waals surface area contributed by atoms with Crippen molar-refractivity contribution in [1.29, 1.82) is 0 Å². The van der Waals surface area contributed by atoms with Gasteiger partial charge in [-0.2, -0.15) is 0 Å². The maximum Gasteiger partial charge on any atom is 0.123 e. The van der Waals surface area contributed by atoms with Crippen molar-refractivity contribution >= 4 is 0 Å². The normalized spacial score (nSPS) is 13.9. The number of aryl methyl sites for hydroxylation is 1. The Hall–Kier alpha value is -0.890. The second-order valence-corrected chi connectivity index (χ2v) is 5.22. The number of halogens is 1. The lowest BCUT2D eigenvalue weighted by atomic mass is 9.79. The molecular formula is C14H22FN. The van der Waals surface area contributed by atoms with E-state index in [4.69, 9.17) is 5.73 Å². The molecule has 0 aliphatic carbocycles. The van der Waals surface area contributed by atoms with Crippen molar-refractivity contribution in [2.45, 2.75) is 46.6 Å². The van der Waals surface area contributed by atoms with E-state index in [1.807, 2.05) is 13.0 Å². The predicted molar refractivity (Wildman–Crippen MR) is 66.9 cm³/mol. The fourth-order valence-corrected chi connectivity index (χ4v) is 1.66. The molecule has 0 spiro atoms. The van der Waals surface area contributed by atoms with Gasteiger partial charge in [0.25, 0.3) is 0 Å². The van der Waals surface area contributed by atoms with Gasteiger partial charge in [-0.15, -0.1) is 0 Å². The van der Waals surface area contributed by atoms with Crippen LogP contribution >= 0.6 is 0 Å². The minimum atomic E-state index is -0.176. The SMILES string of the molecule is CCC(C)(C)C(N)Cc1ccc(F)cc1C. The molecule has 2 heteroatoms. The molecule has 0 aromatic heterocycles. The minimum absolute atomic E-state index is 0.113. The number of hydrogen-bond donors (Lipinski definition) is 1. The Labute approximate surface area is 97.9 Å². The van der Waals surface area contributed by atoms with Crippen LogP contribution in [0.4, 0.5) is 4.39 Å². The van der Waals surface area contributed by atoms with Crippen LogP contribution in [0.5, 0.6) is 0 Å². The summed E-state index contributed by atoms with van der Waals surface area (Å²) >= 11 is 0. The van der Waals surface area contributed by atoms with Crippen LogP contribution in [0, 0.1) is 18.2 Å². The maximum absolute atomic E-state index is 13.0. The summed E-state index contributed by atoms with van der Waals surface area (Å²) in [6, 6.07) is 5.03. The van der Waals surface area contributed by atoms with Crippen molar-refractivity contribution in [2.75, 3.05) is 0 Å². The lowest BCUT2D eigenvalue weighted by molar-refractivity contribution is 0.272. The molecule has 0 saturated carbocycles. The maximum atomic E-state index is 13.0. The van der Waals surface area contributed by atoms with Gasteiger partial charge in [0.2, 0.25) is 0 Å². The van der Waals surface area contributed by atoms with E-state index in [0.717, 1.165) is 24.0 Å². The molecule has 1 aromatic carbocycles. The average Bonchev–Trinajstić information content (AvgIpc) is 2.22. The summed E-state index contributed by atoms with van der Waals surface area (Å²) in [5.41, 5.74) is 8.47. The summed E-state index contributed by atoms with van der Waals surface area (Å²) in [6.07, 6.45) is 1.86. The number of hydrogen-bond acceptors (Lipinski definition) is 1. The zero-order valence-electron chi connectivity index (χ0n) is 10.7. The molecule has 0 amide bonds. The van der Waals surface area contributed by atoms with Gasteiger partial charge >= 0.3 is 0 Å². The zero-order chi connectivity index (χ0) is 12.3. The first-order valence-corrected chi connectivity index (χ1v) is 5.87. The fourth-order valence-electron chi connectivity index (χ4n) is 1.66. The van der Waals surface area contributed by atoms with Crippen molar-refractivity contribution in [3.63, 3.8) is 0 Å². The molecule has 0 aliphatic rings. The monoisotopic (exact) mass is 223 g/mol. The first-order valence-electron chi connectivity index (χ1n) is 5.87. The first-order chi connectivity index (χ1) is 7.36. The summed E-state index contributed by atoms with van der Waals surface area (Å²) in [6.45, 7) is 8.44. The number of rotatable bonds is 4. The summed E-state index contributed by atoms with van der Waals surface area (Å²) in [7, 11) is 0. The van der Waals surface area contributed by atoms with Gasteiger partial charge in [-0.3, -0.25) is 0 Å². The van der Waals surface area contributed by atoms with Gasteiger partial charge in [-0.05, 0) is 48.4 Å². The molecular weight excluding hydrogens is 201 g/mol. The molecule has 0 aliphatic heterocycles. The van der Waals surface area contributed by atoms with Crippen LogP contribution < -0.4 is 5.73 Å².